The van der Waals surface area contributed by atoms with Gasteiger partial charge in [0.25, 0.3) is 5.69 Å². The highest BCUT2D eigenvalue weighted by atomic mass is 16.6. The summed E-state index contributed by atoms with van der Waals surface area (Å²) in [6, 6.07) is 21.8. The number of rotatable bonds is 6. The lowest BCUT2D eigenvalue weighted by Gasteiger charge is -2.40. The molecule has 0 spiro atoms. The second kappa shape index (κ2) is 10.3. The Labute approximate surface area is 227 Å². The lowest BCUT2D eigenvalue weighted by molar-refractivity contribution is -0.384. The number of nitrogens with zero attached hydrogens (tertiary/aromatic N) is 1. The first-order valence-corrected chi connectivity index (χ1v) is 12.7. The first kappa shape index (κ1) is 26.0. The van der Waals surface area contributed by atoms with E-state index in [1.165, 1.54) is 12.1 Å². The Hall–Kier alpha value is -4.65. The highest BCUT2D eigenvalue weighted by molar-refractivity contribution is 6.15. The molecular weight excluding hydrogens is 492 g/mol. The molecule has 3 aromatic rings. The Balaban J connectivity index is 1.61. The van der Waals surface area contributed by atoms with Crippen LogP contribution in [0.1, 0.15) is 42.9 Å². The van der Waals surface area contributed by atoms with E-state index in [-0.39, 0.29) is 17.4 Å². The molecule has 2 aliphatic rings. The van der Waals surface area contributed by atoms with Crippen LogP contribution < -0.4 is 14.8 Å². The molecule has 1 aliphatic heterocycles. The molecule has 198 valence electrons. The Bertz CT molecular complexity index is 1510. The maximum absolute atomic E-state index is 14.2. The van der Waals surface area contributed by atoms with E-state index in [2.05, 4.69) is 19.2 Å². The number of non-ortho nitro benzene ring substituents is 1. The highest BCUT2D eigenvalue weighted by Gasteiger charge is 2.42. The van der Waals surface area contributed by atoms with E-state index in [0.29, 0.717) is 12.0 Å². The van der Waals surface area contributed by atoms with Crippen molar-refractivity contribution in [3.05, 3.63) is 123 Å². The van der Waals surface area contributed by atoms with Crippen molar-refractivity contribution in [1.82, 2.24) is 5.32 Å². The molecule has 5 rings (SSSR count). The van der Waals surface area contributed by atoms with E-state index in [4.69, 9.17) is 9.47 Å². The number of carbonyl (C=O) groups is 1. The number of allylic oxidation sites excluding steroid dienone is 4. The molecule has 0 fully saturated rings. The van der Waals surface area contributed by atoms with Gasteiger partial charge >= 0.3 is 0 Å². The summed E-state index contributed by atoms with van der Waals surface area (Å²) in [5.41, 5.74) is 5.42. The summed E-state index contributed by atoms with van der Waals surface area (Å²) in [7, 11) is 3.25. The van der Waals surface area contributed by atoms with Crippen molar-refractivity contribution in [2.24, 2.45) is 5.41 Å². The third-order valence-corrected chi connectivity index (χ3v) is 7.38. The molecule has 0 aromatic heterocycles. The number of nitro benzene ring substituents is 1. The average Bonchev–Trinajstić information content (AvgIpc) is 2.94. The van der Waals surface area contributed by atoms with Crippen LogP contribution in [0.4, 0.5) is 5.69 Å². The molecule has 1 heterocycles. The summed E-state index contributed by atoms with van der Waals surface area (Å²) in [6.07, 6.45) is 4.62. The molecule has 7 heteroatoms. The van der Waals surface area contributed by atoms with E-state index < -0.39 is 10.3 Å². The number of ketones is 1. The van der Waals surface area contributed by atoms with Crippen molar-refractivity contribution in [3.63, 3.8) is 0 Å². The van der Waals surface area contributed by atoms with Crippen LogP contribution in [0.25, 0.3) is 11.8 Å². The SMILES string of the molecule is COc1ccc(/C=C2\C(=O)C3=C(CC2(C)C)NC(c2ccc(OC)cc2)=CC3c2ccc([N+](=O)[O-])cc2)cc1. The zero-order valence-electron chi connectivity index (χ0n) is 22.4. The Morgan fingerprint density at radius 2 is 1.51 bits per heavy atom. The number of dihydropyridines is 1. The highest BCUT2D eigenvalue weighted by Crippen LogP contribution is 2.48. The third-order valence-electron chi connectivity index (χ3n) is 7.38. The summed E-state index contributed by atoms with van der Waals surface area (Å²) in [5.74, 6) is 1.10. The number of Topliss-reactive ketones (excluding diaryl/α,β-unsaturated/α-hetero) is 1. The van der Waals surface area contributed by atoms with Gasteiger partial charge < -0.3 is 14.8 Å². The molecule has 7 nitrogen and oxygen atoms in total. The summed E-state index contributed by atoms with van der Waals surface area (Å²) in [6.45, 7) is 4.16. The summed E-state index contributed by atoms with van der Waals surface area (Å²) >= 11 is 0. The number of benzene rings is 3. The lowest BCUT2D eigenvalue weighted by Crippen LogP contribution is -2.37. The quantitative estimate of drug-likeness (QED) is 0.221. The number of hydrogen-bond donors (Lipinski definition) is 1. The van der Waals surface area contributed by atoms with Gasteiger partial charge in [0.2, 0.25) is 0 Å². The van der Waals surface area contributed by atoms with Crippen LogP contribution in [0.5, 0.6) is 11.5 Å². The lowest BCUT2D eigenvalue weighted by atomic mass is 9.67. The Kier molecular flexibility index (Phi) is 6.83. The van der Waals surface area contributed by atoms with Gasteiger partial charge in [-0.05, 0) is 77.1 Å². The predicted molar refractivity (Wildman–Crippen MR) is 151 cm³/mol. The molecule has 1 atom stereocenters. The summed E-state index contributed by atoms with van der Waals surface area (Å²) < 4.78 is 10.6. The van der Waals surface area contributed by atoms with Crippen molar-refractivity contribution in [2.45, 2.75) is 26.2 Å². The van der Waals surface area contributed by atoms with Gasteiger partial charge in [-0.1, -0.05) is 38.1 Å². The largest absolute Gasteiger partial charge is 0.497 e. The molecule has 0 radical (unpaired) electrons. The van der Waals surface area contributed by atoms with E-state index in [9.17, 15) is 14.9 Å². The fourth-order valence-electron chi connectivity index (χ4n) is 5.25. The van der Waals surface area contributed by atoms with E-state index in [0.717, 1.165) is 45.2 Å². The molecule has 3 aromatic carbocycles. The molecule has 1 aliphatic carbocycles. The first-order valence-electron chi connectivity index (χ1n) is 12.7. The van der Waals surface area contributed by atoms with Gasteiger partial charge in [0.1, 0.15) is 11.5 Å². The molecule has 39 heavy (non-hydrogen) atoms. The number of ether oxygens (including phenoxy) is 2. The third kappa shape index (κ3) is 5.08. The van der Waals surface area contributed by atoms with Gasteiger partial charge in [-0.25, -0.2) is 0 Å². The number of methoxy groups -OCH3 is 2. The predicted octanol–water partition coefficient (Wildman–Crippen LogP) is 6.68. The molecule has 0 amide bonds. The van der Waals surface area contributed by atoms with Gasteiger partial charge in [-0.2, -0.15) is 0 Å². The minimum atomic E-state index is -0.425. The normalized spacial score (nSPS) is 19.2. The number of hydrogen-bond acceptors (Lipinski definition) is 6. The van der Waals surface area contributed by atoms with E-state index >= 15 is 0 Å². The maximum Gasteiger partial charge on any atom is 0.269 e. The van der Waals surface area contributed by atoms with Gasteiger partial charge in [0.15, 0.2) is 5.78 Å². The smallest absolute Gasteiger partial charge is 0.269 e. The molecule has 0 saturated heterocycles. The van der Waals surface area contributed by atoms with Crippen molar-refractivity contribution in [3.8, 4) is 11.5 Å². The minimum absolute atomic E-state index is 0.0115. The summed E-state index contributed by atoms with van der Waals surface area (Å²) in [5, 5.41) is 14.8. The first-order chi connectivity index (χ1) is 18.7. The summed E-state index contributed by atoms with van der Waals surface area (Å²) in [4.78, 5) is 25.1. The van der Waals surface area contributed by atoms with E-state index in [1.54, 1.807) is 26.4 Å². The zero-order chi connectivity index (χ0) is 27.7. The second-order valence-electron chi connectivity index (χ2n) is 10.4. The van der Waals surface area contributed by atoms with Crippen LogP contribution >= 0.6 is 0 Å². The topological polar surface area (TPSA) is 90.7 Å². The monoisotopic (exact) mass is 522 g/mol. The Morgan fingerprint density at radius 3 is 2.08 bits per heavy atom. The number of carbonyl (C=O) groups excluding carboxylic acids is 1. The standard InChI is InChI=1S/C32H30N2O5/c1-32(2)19-29-30(31(35)27(32)17-20-5-13-24(38-3)14-6-20)26(21-7-11-23(12-8-21)34(36)37)18-28(33-29)22-9-15-25(39-4)16-10-22/h5-18,26,33H,19H2,1-4H3/b27-17+. The van der Waals surface area contributed by atoms with Crippen molar-refractivity contribution in [1.29, 1.82) is 0 Å². The minimum Gasteiger partial charge on any atom is -0.497 e. The molecule has 1 N–H and O–H groups in total. The van der Waals surface area contributed by atoms with Crippen LogP contribution in [0.3, 0.4) is 0 Å². The van der Waals surface area contributed by atoms with E-state index in [1.807, 2.05) is 60.7 Å². The van der Waals surface area contributed by atoms with Crippen molar-refractivity contribution in [2.75, 3.05) is 14.2 Å². The van der Waals surface area contributed by atoms with Gasteiger partial charge in [-0.3, -0.25) is 14.9 Å². The number of nitrogens with one attached hydrogen (secondary N) is 1. The van der Waals surface area contributed by atoms with Crippen molar-refractivity contribution < 1.29 is 19.2 Å². The molecule has 1 unspecified atom stereocenters. The van der Waals surface area contributed by atoms with Crippen LogP contribution in [-0.4, -0.2) is 24.9 Å². The average molecular weight is 523 g/mol. The van der Waals surface area contributed by atoms with Gasteiger partial charge in [0, 0.05) is 40.6 Å². The molecular formula is C32H30N2O5. The molecule has 0 saturated carbocycles. The maximum atomic E-state index is 14.2. The van der Waals surface area contributed by atoms with Crippen LogP contribution in [0.2, 0.25) is 0 Å². The molecule has 0 bridgehead atoms. The van der Waals surface area contributed by atoms with Gasteiger partial charge in [-0.15, -0.1) is 0 Å². The van der Waals surface area contributed by atoms with Crippen molar-refractivity contribution >= 4 is 23.2 Å². The fourth-order valence-corrected chi connectivity index (χ4v) is 5.25. The van der Waals surface area contributed by atoms with Crippen LogP contribution in [0, 0.1) is 15.5 Å². The van der Waals surface area contributed by atoms with Gasteiger partial charge in [0.05, 0.1) is 19.1 Å². The number of nitro groups is 1. The second-order valence-corrected chi connectivity index (χ2v) is 10.4. The van der Waals surface area contributed by atoms with Crippen LogP contribution in [-0.2, 0) is 4.79 Å². The Morgan fingerprint density at radius 1 is 0.923 bits per heavy atom. The van der Waals surface area contributed by atoms with Crippen LogP contribution in [0.15, 0.2) is 95.7 Å². The zero-order valence-corrected chi connectivity index (χ0v) is 22.4. The fraction of sp³-hybridized carbons (Fsp3) is 0.219.